The van der Waals surface area contributed by atoms with Crippen LogP contribution in [0.25, 0.3) is 22.2 Å². The molecule has 130 valence electrons. The number of hydrogen-bond donors (Lipinski definition) is 2. The number of aromatic nitrogens is 3. The van der Waals surface area contributed by atoms with Crippen LogP contribution < -0.4 is 5.32 Å². The number of para-hydroxylation sites is 1. The van der Waals surface area contributed by atoms with Gasteiger partial charge < -0.3 is 9.88 Å². The molecule has 0 saturated carbocycles. The van der Waals surface area contributed by atoms with Crippen molar-refractivity contribution in [1.29, 1.82) is 0 Å². The Kier molecular flexibility index (Phi) is 4.27. The Morgan fingerprint density at radius 3 is 2.69 bits per heavy atom. The first-order valence-corrected chi connectivity index (χ1v) is 8.65. The molecule has 0 fully saturated rings. The molecule has 2 N–H and O–H groups in total. The molecule has 2 aromatic carbocycles. The van der Waals surface area contributed by atoms with Gasteiger partial charge in [-0.15, -0.1) is 0 Å². The lowest BCUT2D eigenvalue weighted by Gasteiger charge is -2.10. The molecular formula is C21H20N4O. The van der Waals surface area contributed by atoms with Crippen LogP contribution >= 0.6 is 0 Å². The molecule has 4 aromatic rings. The van der Waals surface area contributed by atoms with Gasteiger partial charge in [0.05, 0.1) is 5.69 Å². The van der Waals surface area contributed by atoms with Crippen molar-refractivity contribution in [2.45, 2.75) is 13.5 Å². The van der Waals surface area contributed by atoms with E-state index in [9.17, 15) is 4.79 Å². The topological polar surface area (TPSA) is 62.7 Å². The van der Waals surface area contributed by atoms with Crippen LogP contribution in [-0.4, -0.2) is 27.2 Å². The molecule has 0 saturated heterocycles. The van der Waals surface area contributed by atoms with Crippen LogP contribution in [0.15, 0.2) is 66.9 Å². The summed E-state index contributed by atoms with van der Waals surface area (Å²) < 4.78 is 2.23. The second-order valence-electron chi connectivity index (χ2n) is 6.30. The van der Waals surface area contributed by atoms with Gasteiger partial charge in [0.1, 0.15) is 0 Å². The highest BCUT2D eigenvalue weighted by atomic mass is 16.1. The van der Waals surface area contributed by atoms with Crippen LogP contribution in [0.3, 0.4) is 0 Å². The fourth-order valence-corrected chi connectivity index (χ4v) is 3.25. The number of H-pyrrole nitrogens is 1. The number of carbonyl (C=O) groups excluding carboxylic acids is 1. The molecule has 2 aromatic heterocycles. The second kappa shape index (κ2) is 6.88. The molecule has 4 rings (SSSR count). The Hall–Kier alpha value is -3.34. The minimum Gasteiger partial charge on any atom is -0.350 e. The van der Waals surface area contributed by atoms with Crippen molar-refractivity contribution >= 4 is 16.8 Å². The van der Waals surface area contributed by atoms with E-state index in [0.29, 0.717) is 12.1 Å². The highest BCUT2D eigenvalue weighted by molar-refractivity contribution is 5.94. The molecule has 0 radical (unpaired) electrons. The Bertz CT molecular complexity index is 1030. The maximum Gasteiger partial charge on any atom is 0.251 e. The number of nitrogens with one attached hydrogen (secondary N) is 2. The van der Waals surface area contributed by atoms with Gasteiger partial charge in [0.2, 0.25) is 0 Å². The Labute approximate surface area is 151 Å². The van der Waals surface area contributed by atoms with Crippen molar-refractivity contribution in [2.75, 3.05) is 6.54 Å². The number of amides is 1. The van der Waals surface area contributed by atoms with Gasteiger partial charge in [-0.2, -0.15) is 5.10 Å². The molecule has 5 heteroatoms. The SMILES string of the molecule is Cc1cc2ccccc2n1CCNC(=O)c1ccc(-c2ccn[nH]2)cc1. The molecule has 0 aliphatic heterocycles. The fraction of sp³-hybridized carbons (Fsp3) is 0.143. The third-order valence-corrected chi connectivity index (χ3v) is 4.60. The van der Waals surface area contributed by atoms with Crippen molar-refractivity contribution in [1.82, 2.24) is 20.1 Å². The molecule has 26 heavy (non-hydrogen) atoms. The lowest BCUT2D eigenvalue weighted by Crippen LogP contribution is -2.27. The summed E-state index contributed by atoms with van der Waals surface area (Å²) in [4.78, 5) is 12.4. The summed E-state index contributed by atoms with van der Waals surface area (Å²) in [6.07, 6.45) is 1.71. The normalized spacial score (nSPS) is 11.0. The minimum absolute atomic E-state index is 0.0599. The third kappa shape index (κ3) is 3.11. The molecular weight excluding hydrogens is 324 g/mol. The maximum atomic E-state index is 12.4. The van der Waals surface area contributed by atoms with Crippen LogP contribution in [0.5, 0.6) is 0 Å². The van der Waals surface area contributed by atoms with Gasteiger partial charge in [-0.25, -0.2) is 0 Å². The predicted molar refractivity (Wildman–Crippen MR) is 103 cm³/mol. The monoisotopic (exact) mass is 344 g/mol. The van der Waals surface area contributed by atoms with E-state index in [-0.39, 0.29) is 5.91 Å². The Balaban J connectivity index is 1.40. The van der Waals surface area contributed by atoms with E-state index in [4.69, 9.17) is 0 Å². The summed E-state index contributed by atoms with van der Waals surface area (Å²) in [6, 6.07) is 19.9. The largest absolute Gasteiger partial charge is 0.350 e. The van der Waals surface area contributed by atoms with Crippen LogP contribution in [0, 0.1) is 6.92 Å². The van der Waals surface area contributed by atoms with Gasteiger partial charge in [0.25, 0.3) is 5.91 Å². The van der Waals surface area contributed by atoms with Gasteiger partial charge >= 0.3 is 0 Å². The minimum atomic E-state index is -0.0599. The van der Waals surface area contributed by atoms with Gasteiger partial charge in [0, 0.05) is 36.1 Å². The number of aromatic amines is 1. The Morgan fingerprint density at radius 1 is 1.12 bits per heavy atom. The van der Waals surface area contributed by atoms with Gasteiger partial charge in [-0.3, -0.25) is 9.89 Å². The summed E-state index contributed by atoms with van der Waals surface area (Å²) in [5, 5.41) is 11.1. The summed E-state index contributed by atoms with van der Waals surface area (Å²) in [5.41, 5.74) is 5.00. The summed E-state index contributed by atoms with van der Waals surface area (Å²) >= 11 is 0. The zero-order chi connectivity index (χ0) is 17.9. The summed E-state index contributed by atoms with van der Waals surface area (Å²) in [6.45, 7) is 3.42. The first kappa shape index (κ1) is 16.1. The molecule has 0 bridgehead atoms. The van der Waals surface area contributed by atoms with E-state index < -0.39 is 0 Å². The van der Waals surface area contributed by atoms with E-state index in [2.05, 4.69) is 45.2 Å². The first-order chi connectivity index (χ1) is 12.7. The van der Waals surface area contributed by atoms with Gasteiger partial charge in [-0.05, 0) is 48.2 Å². The summed E-state index contributed by atoms with van der Waals surface area (Å²) in [5.74, 6) is -0.0599. The molecule has 5 nitrogen and oxygen atoms in total. The summed E-state index contributed by atoms with van der Waals surface area (Å²) in [7, 11) is 0. The third-order valence-electron chi connectivity index (χ3n) is 4.60. The molecule has 1 amide bonds. The molecule has 0 spiro atoms. The number of nitrogens with zero attached hydrogens (tertiary/aromatic N) is 2. The van der Waals surface area contributed by atoms with Crippen LogP contribution in [0.1, 0.15) is 16.1 Å². The van der Waals surface area contributed by atoms with Crippen LogP contribution in [0.4, 0.5) is 0 Å². The molecule has 0 unspecified atom stereocenters. The number of benzene rings is 2. The van der Waals surface area contributed by atoms with E-state index in [1.54, 1.807) is 6.20 Å². The molecule has 2 heterocycles. The fourth-order valence-electron chi connectivity index (χ4n) is 3.25. The number of hydrogen-bond acceptors (Lipinski definition) is 2. The highest BCUT2D eigenvalue weighted by Gasteiger charge is 2.08. The zero-order valence-electron chi connectivity index (χ0n) is 14.6. The number of fused-ring (bicyclic) bond motifs is 1. The van der Waals surface area contributed by atoms with E-state index in [0.717, 1.165) is 17.8 Å². The second-order valence-corrected chi connectivity index (χ2v) is 6.30. The lowest BCUT2D eigenvalue weighted by molar-refractivity contribution is 0.0952. The van der Waals surface area contributed by atoms with E-state index in [1.165, 1.54) is 16.6 Å². The molecule has 0 atom stereocenters. The number of rotatable bonds is 5. The van der Waals surface area contributed by atoms with Gasteiger partial charge in [-0.1, -0.05) is 30.3 Å². The van der Waals surface area contributed by atoms with E-state index >= 15 is 0 Å². The number of aryl methyl sites for hydroxylation is 1. The highest BCUT2D eigenvalue weighted by Crippen LogP contribution is 2.19. The van der Waals surface area contributed by atoms with Crippen molar-refractivity contribution < 1.29 is 4.79 Å². The van der Waals surface area contributed by atoms with Crippen LogP contribution in [-0.2, 0) is 6.54 Å². The van der Waals surface area contributed by atoms with E-state index in [1.807, 2.05) is 42.5 Å². The quantitative estimate of drug-likeness (QED) is 0.579. The van der Waals surface area contributed by atoms with Crippen LogP contribution in [0.2, 0.25) is 0 Å². The Morgan fingerprint density at radius 2 is 1.92 bits per heavy atom. The maximum absolute atomic E-state index is 12.4. The van der Waals surface area contributed by atoms with Crippen molar-refractivity contribution in [3.05, 3.63) is 78.1 Å². The van der Waals surface area contributed by atoms with Crippen molar-refractivity contribution in [3.8, 4) is 11.3 Å². The van der Waals surface area contributed by atoms with Crippen molar-refractivity contribution in [3.63, 3.8) is 0 Å². The van der Waals surface area contributed by atoms with Gasteiger partial charge in [0.15, 0.2) is 0 Å². The smallest absolute Gasteiger partial charge is 0.251 e. The first-order valence-electron chi connectivity index (χ1n) is 8.65. The number of carbonyl (C=O) groups is 1. The standard InChI is InChI=1S/C21H20N4O/c1-15-14-18-4-2-3-5-20(18)25(15)13-12-22-21(26)17-8-6-16(7-9-17)19-10-11-23-24-19/h2-11,14H,12-13H2,1H3,(H,22,26)(H,23,24). The molecule has 0 aliphatic rings. The average molecular weight is 344 g/mol. The predicted octanol–water partition coefficient (Wildman–Crippen LogP) is 3.77. The van der Waals surface area contributed by atoms with Crippen molar-refractivity contribution in [2.24, 2.45) is 0 Å². The lowest BCUT2D eigenvalue weighted by atomic mass is 10.1. The average Bonchev–Trinajstić information content (AvgIpc) is 3.30. The zero-order valence-corrected chi connectivity index (χ0v) is 14.6. The molecule has 0 aliphatic carbocycles.